The zero-order valence-corrected chi connectivity index (χ0v) is 15.2. The van der Waals surface area contributed by atoms with E-state index in [1.807, 2.05) is 6.07 Å². The zero-order valence-electron chi connectivity index (χ0n) is 12.9. The van der Waals surface area contributed by atoms with Gasteiger partial charge in [0.2, 0.25) is 3.79 Å². The highest BCUT2D eigenvalue weighted by Crippen LogP contribution is 2.25. The molecule has 7 nitrogen and oxygen atoms in total. The number of hydrogen-bond acceptors (Lipinski definition) is 5. The van der Waals surface area contributed by atoms with E-state index in [4.69, 9.17) is 44.6 Å². The van der Waals surface area contributed by atoms with E-state index in [0.717, 1.165) is 5.56 Å². The number of rotatable bonds is 8. The summed E-state index contributed by atoms with van der Waals surface area (Å²) in [5.74, 6) is -1.92. The second kappa shape index (κ2) is 10.3. The van der Waals surface area contributed by atoms with Gasteiger partial charge in [-0.2, -0.15) is 0 Å². The van der Waals surface area contributed by atoms with Gasteiger partial charge >= 0.3 is 18.0 Å². The predicted molar refractivity (Wildman–Crippen MR) is 91.7 cm³/mol. The van der Waals surface area contributed by atoms with Crippen LogP contribution in [-0.2, 0) is 25.7 Å². The number of aliphatic carboxylic acids is 1. The molecule has 0 radical (unpaired) electrons. The van der Waals surface area contributed by atoms with Crippen LogP contribution < -0.4 is 5.32 Å². The molecule has 1 amide bonds. The number of nitrogens with one attached hydrogen (secondary N) is 1. The summed E-state index contributed by atoms with van der Waals surface area (Å²) in [6.07, 6.45) is -1.45. The number of amides is 1. The van der Waals surface area contributed by atoms with Gasteiger partial charge in [0.1, 0.15) is 19.3 Å². The van der Waals surface area contributed by atoms with E-state index in [2.05, 4.69) is 10.1 Å². The first-order valence-corrected chi connectivity index (χ1v) is 8.23. The molecule has 2 N–H and O–H groups in total. The lowest BCUT2D eigenvalue weighted by molar-refractivity contribution is -0.145. The van der Waals surface area contributed by atoms with E-state index < -0.39 is 34.5 Å². The van der Waals surface area contributed by atoms with Gasteiger partial charge in [-0.1, -0.05) is 65.1 Å². The minimum Gasteiger partial charge on any atom is -0.480 e. The lowest BCUT2D eigenvalue weighted by atomic mass is 10.1. The third-order valence-electron chi connectivity index (χ3n) is 2.84. The van der Waals surface area contributed by atoms with Gasteiger partial charge in [-0.15, -0.1) is 0 Å². The summed E-state index contributed by atoms with van der Waals surface area (Å²) in [7, 11) is 0. The van der Waals surface area contributed by atoms with Crippen LogP contribution in [0, 0.1) is 0 Å². The molecule has 0 bridgehead atoms. The maximum absolute atomic E-state index is 11.7. The highest BCUT2D eigenvalue weighted by molar-refractivity contribution is 6.67. The monoisotopic (exact) mass is 411 g/mol. The fraction of sp³-hybridized carbons (Fsp3) is 0.400. The van der Waals surface area contributed by atoms with Crippen molar-refractivity contribution in [2.45, 2.75) is 29.3 Å². The Morgan fingerprint density at radius 3 is 2.32 bits per heavy atom. The number of esters is 1. The van der Waals surface area contributed by atoms with Crippen LogP contribution >= 0.6 is 34.8 Å². The first-order valence-electron chi connectivity index (χ1n) is 7.10. The second-order valence-electron chi connectivity index (χ2n) is 4.91. The molecule has 0 aliphatic rings. The molecule has 1 aromatic rings. The number of carbonyl (C=O) groups is 3. The Morgan fingerprint density at radius 2 is 1.76 bits per heavy atom. The van der Waals surface area contributed by atoms with Gasteiger partial charge in [0.05, 0.1) is 0 Å². The highest BCUT2D eigenvalue weighted by Gasteiger charge is 2.25. The Bertz CT molecular complexity index is 591. The highest BCUT2D eigenvalue weighted by atomic mass is 35.6. The summed E-state index contributed by atoms with van der Waals surface area (Å²) in [5.41, 5.74) is 0.805. The summed E-state index contributed by atoms with van der Waals surface area (Å²) >= 11 is 16.2. The number of carbonyl (C=O) groups excluding carboxylic acids is 2. The standard InChI is InChI=1S/C15H16Cl3NO6/c16-15(17,18)9-25-14(23)19-11(13(21)22)6-7-12(20)24-8-10-4-2-1-3-5-10/h1-5,11H,6-9H2,(H,19,23)(H,21,22)/t11-/m0/s1. The van der Waals surface area contributed by atoms with Crippen molar-refractivity contribution < 1.29 is 29.0 Å². The first kappa shape index (κ1) is 21.3. The van der Waals surface area contributed by atoms with Crippen LogP contribution in [0.5, 0.6) is 0 Å². The van der Waals surface area contributed by atoms with Gasteiger partial charge in [-0.05, 0) is 12.0 Å². The molecule has 0 heterocycles. The van der Waals surface area contributed by atoms with Crippen molar-refractivity contribution in [3.63, 3.8) is 0 Å². The van der Waals surface area contributed by atoms with E-state index in [1.165, 1.54) is 0 Å². The minimum atomic E-state index is -1.81. The van der Waals surface area contributed by atoms with Crippen LogP contribution in [0.2, 0.25) is 0 Å². The molecular weight excluding hydrogens is 397 g/mol. The summed E-state index contributed by atoms with van der Waals surface area (Å²) in [4.78, 5) is 34.3. The quantitative estimate of drug-likeness (QED) is 0.502. The third-order valence-corrected chi connectivity index (χ3v) is 3.16. The van der Waals surface area contributed by atoms with Gasteiger partial charge in [0.25, 0.3) is 0 Å². The lowest BCUT2D eigenvalue weighted by Gasteiger charge is -2.16. The molecule has 0 unspecified atom stereocenters. The molecule has 0 saturated heterocycles. The summed E-state index contributed by atoms with van der Waals surface area (Å²) in [5, 5.41) is 11.1. The Balaban J connectivity index is 2.38. The number of alkyl halides is 3. The maximum Gasteiger partial charge on any atom is 0.407 e. The van der Waals surface area contributed by atoms with Crippen molar-refractivity contribution in [1.29, 1.82) is 0 Å². The molecule has 1 atom stereocenters. The predicted octanol–water partition coefficient (Wildman–Crippen LogP) is 3.06. The van der Waals surface area contributed by atoms with Crippen LogP contribution in [0.25, 0.3) is 0 Å². The zero-order chi connectivity index (χ0) is 18.9. The van der Waals surface area contributed by atoms with E-state index in [0.29, 0.717) is 0 Å². The van der Waals surface area contributed by atoms with Crippen molar-refractivity contribution >= 4 is 52.8 Å². The van der Waals surface area contributed by atoms with Crippen LogP contribution in [0.3, 0.4) is 0 Å². The van der Waals surface area contributed by atoms with Crippen LogP contribution in [0.1, 0.15) is 18.4 Å². The molecule has 1 aromatic carbocycles. The normalized spacial score (nSPS) is 12.1. The molecule has 0 aliphatic carbocycles. The third kappa shape index (κ3) is 10.0. The Kier molecular flexibility index (Phi) is 8.82. The van der Waals surface area contributed by atoms with Gasteiger partial charge in [-0.25, -0.2) is 9.59 Å². The average Bonchev–Trinajstić information content (AvgIpc) is 2.55. The number of alkyl carbamates (subject to hydrolysis) is 1. The fourth-order valence-electron chi connectivity index (χ4n) is 1.66. The number of benzene rings is 1. The molecule has 0 saturated carbocycles. The molecular formula is C15H16Cl3NO6. The first-order chi connectivity index (χ1) is 11.7. The van der Waals surface area contributed by atoms with Crippen molar-refractivity contribution in [2.24, 2.45) is 0 Å². The van der Waals surface area contributed by atoms with E-state index in [1.54, 1.807) is 24.3 Å². The molecule has 0 fully saturated rings. The number of halogens is 3. The molecule has 0 aliphatic heterocycles. The van der Waals surface area contributed by atoms with E-state index in [-0.39, 0.29) is 19.4 Å². The molecule has 25 heavy (non-hydrogen) atoms. The van der Waals surface area contributed by atoms with Gasteiger partial charge in [0.15, 0.2) is 0 Å². The number of carboxylic acids is 1. The number of ether oxygens (including phenoxy) is 2. The van der Waals surface area contributed by atoms with Crippen LogP contribution in [-0.4, -0.2) is 39.6 Å². The summed E-state index contributed by atoms with van der Waals surface area (Å²) < 4.78 is 7.79. The molecule has 0 aromatic heterocycles. The van der Waals surface area contributed by atoms with Crippen molar-refractivity contribution in [3.05, 3.63) is 35.9 Å². The van der Waals surface area contributed by atoms with Crippen LogP contribution in [0.15, 0.2) is 30.3 Å². The maximum atomic E-state index is 11.7. The van der Waals surface area contributed by atoms with Crippen molar-refractivity contribution in [1.82, 2.24) is 5.32 Å². The summed E-state index contributed by atoms with van der Waals surface area (Å²) in [6.45, 7) is -0.467. The van der Waals surface area contributed by atoms with Crippen molar-refractivity contribution in [3.8, 4) is 0 Å². The SMILES string of the molecule is O=C(CC[C@H](NC(=O)OCC(Cl)(Cl)Cl)C(=O)O)OCc1ccccc1. The largest absolute Gasteiger partial charge is 0.480 e. The van der Waals surface area contributed by atoms with Gasteiger partial charge < -0.3 is 19.9 Å². The topological polar surface area (TPSA) is 102 Å². The fourth-order valence-corrected chi connectivity index (χ4v) is 1.82. The number of hydrogen-bond donors (Lipinski definition) is 2. The van der Waals surface area contributed by atoms with Crippen LogP contribution in [0.4, 0.5) is 4.79 Å². The van der Waals surface area contributed by atoms with Gasteiger partial charge in [0, 0.05) is 6.42 Å². The number of carboxylic acid groups (broad SMARTS) is 1. The molecule has 10 heteroatoms. The molecule has 138 valence electrons. The lowest BCUT2D eigenvalue weighted by Crippen LogP contribution is -2.42. The Hall–Kier alpha value is -1.70. The molecule has 1 rings (SSSR count). The van der Waals surface area contributed by atoms with E-state index >= 15 is 0 Å². The molecule has 0 spiro atoms. The minimum absolute atomic E-state index is 0.0795. The second-order valence-corrected chi connectivity index (χ2v) is 7.43. The van der Waals surface area contributed by atoms with Crippen molar-refractivity contribution in [2.75, 3.05) is 6.61 Å². The Labute approximate surface area is 159 Å². The smallest absolute Gasteiger partial charge is 0.407 e. The Morgan fingerprint density at radius 1 is 1.12 bits per heavy atom. The summed E-state index contributed by atoms with van der Waals surface area (Å²) in [6, 6.07) is 7.67. The average molecular weight is 413 g/mol. The van der Waals surface area contributed by atoms with E-state index in [9.17, 15) is 14.4 Å². The van der Waals surface area contributed by atoms with Gasteiger partial charge in [-0.3, -0.25) is 4.79 Å².